The summed E-state index contributed by atoms with van der Waals surface area (Å²) in [6, 6.07) is 0. The van der Waals surface area contributed by atoms with Crippen LogP contribution in [0, 0.1) is 0 Å². The Bertz CT molecular complexity index is 589. The molecule has 0 aromatic carbocycles. The van der Waals surface area contributed by atoms with E-state index in [0.717, 1.165) is 44.3 Å². The summed E-state index contributed by atoms with van der Waals surface area (Å²) >= 11 is 0. The number of ether oxygens (including phenoxy) is 1. The Morgan fingerprint density at radius 2 is 1.28 bits per heavy atom. The van der Waals surface area contributed by atoms with Crippen LogP contribution in [0.4, 0.5) is 0 Å². The molecule has 2 rings (SSSR count). The first-order valence-corrected chi connectivity index (χ1v) is 10.0. The lowest BCUT2D eigenvalue weighted by atomic mass is 10.2. The highest BCUT2D eigenvalue weighted by Gasteiger charge is 2.21. The molecule has 0 aromatic rings. The van der Waals surface area contributed by atoms with E-state index in [2.05, 4.69) is 18.6 Å². The third-order valence-electron chi connectivity index (χ3n) is 3.94. The summed E-state index contributed by atoms with van der Waals surface area (Å²) in [6.07, 6.45) is 13.7. The quantitative estimate of drug-likeness (QED) is 0.255. The van der Waals surface area contributed by atoms with Crippen molar-refractivity contribution in [3.8, 4) is 0 Å². The molecule has 2 aliphatic rings. The summed E-state index contributed by atoms with van der Waals surface area (Å²) in [5, 5.41) is 8.21. The first kappa shape index (κ1) is 26.2. The molecule has 29 heavy (non-hydrogen) atoms. The van der Waals surface area contributed by atoms with Gasteiger partial charge in [-0.1, -0.05) is 52.4 Å². The predicted molar refractivity (Wildman–Crippen MR) is 107 cm³/mol. The minimum Gasteiger partial charge on any atom is -0.481 e. The van der Waals surface area contributed by atoms with Gasteiger partial charge in [-0.3, -0.25) is 19.3 Å². The summed E-state index contributed by atoms with van der Waals surface area (Å²) < 4.78 is 3.97. The third-order valence-corrected chi connectivity index (χ3v) is 3.94. The molecule has 0 atom stereocenters. The van der Waals surface area contributed by atoms with E-state index < -0.39 is 17.9 Å². The molecule has 1 N–H and O–H groups in total. The standard InChI is InChI=1S/C10H15NO2.C7H14O2.C4H2O3/c1-2-3-4-5-8-11-9(12)6-7-10(11)13;1-2-3-4-5-6-7(8)9;5-3-1-2-4(6)7-3/h6-7H,2-5,8H2,1H3;2-6H2,1H3,(H,8,9);1-2H. The number of carbonyl (C=O) groups excluding carboxylic acids is 4. The van der Waals surface area contributed by atoms with Gasteiger partial charge in [0.05, 0.1) is 0 Å². The number of esters is 2. The number of aliphatic carboxylic acids is 1. The maximum atomic E-state index is 11.1. The SMILES string of the molecule is CCCCCCC(=O)O.CCCCCCN1C(=O)C=CC1=O.O=C1C=CC(=O)O1. The Labute approximate surface area is 171 Å². The number of nitrogens with zero attached hydrogens (tertiary/aromatic N) is 1. The molecule has 162 valence electrons. The van der Waals surface area contributed by atoms with Crippen LogP contribution in [0.15, 0.2) is 24.3 Å². The smallest absolute Gasteiger partial charge is 0.338 e. The van der Waals surface area contributed by atoms with Crippen LogP contribution in [0.5, 0.6) is 0 Å². The van der Waals surface area contributed by atoms with E-state index in [0.29, 0.717) is 13.0 Å². The van der Waals surface area contributed by atoms with Crippen molar-refractivity contribution in [2.45, 2.75) is 71.6 Å². The van der Waals surface area contributed by atoms with Crippen LogP contribution < -0.4 is 0 Å². The van der Waals surface area contributed by atoms with E-state index >= 15 is 0 Å². The first-order valence-electron chi connectivity index (χ1n) is 10.0. The van der Waals surface area contributed by atoms with Gasteiger partial charge >= 0.3 is 17.9 Å². The monoisotopic (exact) mass is 409 g/mol. The van der Waals surface area contributed by atoms with Crippen LogP contribution in [0.3, 0.4) is 0 Å². The molecule has 0 aliphatic carbocycles. The molecule has 0 aromatic heterocycles. The first-order chi connectivity index (χ1) is 13.8. The zero-order valence-electron chi connectivity index (χ0n) is 17.2. The van der Waals surface area contributed by atoms with Gasteiger partial charge in [0.1, 0.15) is 0 Å². The largest absolute Gasteiger partial charge is 0.481 e. The lowest BCUT2D eigenvalue weighted by Gasteiger charge is -2.12. The Kier molecular flexibility index (Phi) is 14.7. The molecule has 2 aliphatic heterocycles. The molecule has 0 bridgehead atoms. The summed E-state index contributed by atoms with van der Waals surface area (Å²) in [4.78, 5) is 53.2. The third kappa shape index (κ3) is 14.0. The van der Waals surface area contributed by atoms with Crippen molar-refractivity contribution < 1.29 is 33.8 Å². The van der Waals surface area contributed by atoms with Crippen LogP contribution in [-0.4, -0.2) is 46.3 Å². The Balaban J connectivity index is 0.000000429. The van der Waals surface area contributed by atoms with Crippen LogP contribution in [0.1, 0.15) is 71.6 Å². The normalized spacial score (nSPS) is 14.3. The number of carboxylic acids is 1. The molecule has 2 heterocycles. The second-order valence-electron chi connectivity index (χ2n) is 6.50. The lowest BCUT2D eigenvalue weighted by Crippen LogP contribution is -2.30. The van der Waals surface area contributed by atoms with Crippen LogP contribution >= 0.6 is 0 Å². The van der Waals surface area contributed by atoms with Gasteiger partial charge < -0.3 is 9.84 Å². The number of hydrogen-bond donors (Lipinski definition) is 1. The highest BCUT2D eigenvalue weighted by molar-refractivity contribution is 6.12. The van der Waals surface area contributed by atoms with E-state index in [1.807, 2.05) is 0 Å². The van der Waals surface area contributed by atoms with Crippen LogP contribution in [0.2, 0.25) is 0 Å². The molecule has 0 spiro atoms. The van der Waals surface area contributed by atoms with E-state index in [1.165, 1.54) is 36.3 Å². The number of cyclic esters (lactones) is 2. The number of imide groups is 1. The van der Waals surface area contributed by atoms with Gasteiger partial charge in [-0.25, -0.2) is 9.59 Å². The van der Waals surface area contributed by atoms with Gasteiger partial charge in [-0.2, -0.15) is 0 Å². The summed E-state index contributed by atoms with van der Waals surface area (Å²) in [7, 11) is 0. The molecule has 0 fully saturated rings. The number of unbranched alkanes of at least 4 members (excludes halogenated alkanes) is 6. The summed E-state index contributed by atoms with van der Waals surface area (Å²) in [5.74, 6) is -2.16. The fourth-order valence-corrected chi connectivity index (χ4v) is 2.35. The van der Waals surface area contributed by atoms with E-state index in [4.69, 9.17) is 5.11 Å². The molecule has 2 amide bonds. The van der Waals surface area contributed by atoms with Crippen molar-refractivity contribution >= 4 is 29.7 Å². The van der Waals surface area contributed by atoms with Crippen molar-refractivity contribution in [1.82, 2.24) is 4.90 Å². The molecule has 8 nitrogen and oxygen atoms in total. The number of carboxylic acid groups (broad SMARTS) is 1. The van der Waals surface area contributed by atoms with Gasteiger partial charge in [0, 0.05) is 37.3 Å². The Morgan fingerprint density at radius 3 is 1.66 bits per heavy atom. The maximum Gasteiger partial charge on any atom is 0.338 e. The molecule has 8 heteroatoms. The van der Waals surface area contributed by atoms with Crippen molar-refractivity contribution in [3.05, 3.63) is 24.3 Å². The second-order valence-corrected chi connectivity index (χ2v) is 6.50. The fourth-order valence-electron chi connectivity index (χ4n) is 2.35. The lowest BCUT2D eigenvalue weighted by molar-refractivity contribution is -0.150. The average Bonchev–Trinajstić information content (AvgIpc) is 3.21. The van der Waals surface area contributed by atoms with Gasteiger partial charge in [0.25, 0.3) is 11.8 Å². The molecule has 0 unspecified atom stereocenters. The number of carbonyl (C=O) groups is 5. The zero-order chi connectivity index (χ0) is 22.1. The zero-order valence-corrected chi connectivity index (χ0v) is 17.2. The van der Waals surface area contributed by atoms with Gasteiger partial charge in [-0.05, 0) is 12.8 Å². The Hall–Kier alpha value is -2.77. The van der Waals surface area contributed by atoms with Crippen molar-refractivity contribution in [2.24, 2.45) is 0 Å². The number of amides is 2. The molecule has 0 saturated carbocycles. The van der Waals surface area contributed by atoms with Crippen molar-refractivity contribution in [3.63, 3.8) is 0 Å². The number of rotatable bonds is 10. The molecule has 0 saturated heterocycles. The van der Waals surface area contributed by atoms with Crippen molar-refractivity contribution in [2.75, 3.05) is 6.54 Å². The average molecular weight is 409 g/mol. The fraction of sp³-hybridized carbons (Fsp3) is 0.571. The van der Waals surface area contributed by atoms with E-state index in [1.54, 1.807) is 0 Å². The topological polar surface area (TPSA) is 118 Å². The highest BCUT2D eigenvalue weighted by atomic mass is 16.6. The summed E-state index contributed by atoms with van der Waals surface area (Å²) in [5.41, 5.74) is 0. The molecular formula is C21H31NO7. The number of hydrogen-bond acceptors (Lipinski definition) is 6. The highest BCUT2D eigenvalue weighted by Crippen LogP contribution is 2.07. The van der Waals surface area contributed by atoms with E-state index in [9.17, 15) is 24.0 Å². The molecule has 0 radical (unpaired) electrons. The molecular weight excluding hydrogens is 378 g/mol. The predicted octanol–water partition coefficient (Wildman–Crippen LogP) is 3.16. The van der Waals surface area contributed by atoms with Gasteiger partial charge in [0.15, 0.2) is 0 Å². The summed E-state index contributed by atoms with van der Waals surface area (Å²) in [6.45, 7) is 4.82. The second kappa shape index (κ2) is 16.2. The van der Waals surface area contributed by atoms with E-state index in [-0.39, 0.29) is 11.8 Å². The van der Waals surface area contributed by atoms with Gasteiger partial charge in [0.2, 0.25) is 0 Å². The van der Waals surface area contributed by atoms with Crippen LogP contribution in [-0.2, 0) is 28.7 Å². The minimum absolute atomic E-state index is 0.165. The van der Waals surface area contributed by atoms with Gasteiger partial charge in [-0.15, -0.1) is 0 Å². The van der Waals surface area contributed by atoms with Crippen LogP contribution in [0.25, 0.3) is 0 Å². The van der Waals surface area contributed by atoms with Crippen molar-refractivity contribution in [1.29, 1.82) is 0 Å². The Morgan fingerprint density at radius 1 is 0.793 bits per heavy atom. The maximum absolute atomic E-state index is 11.1. The minimum atomic E-state index is -0.675.